The van der Waals surface area contributed by atoms with Gasteiger partial charge in [0.15, 0.2) is 12.4 Å². The Balaban J connectivity index is 1.39. The lowest BCUT2D eigenvalue weighted by atomic mass is 10.0. The molecule has 2 fully saturated rings. The Morgan fingerprint density at radius 2 is 2.11 bits per heavy atom. The topological polar surface area (TPSA) is 105 Å². The van der Waals surface area contributed by atoms with Crippen LogP contribution >= 0.6 is 11.6 Å². The monoisotopic (exact) mass is 532 g/mol. The number of alkyl halides is 2. The molecule has 1 saturated carbocycles. The van der Waals surface area contributed by atoms with Crippen LogP contribution in [-0.2, 0) is 7.05 Å². The summed E-state index contributed by atoms with van der Waals surface area (Å²) in [6.45, 7) is 0.319. The Bertz CT molecular complexity index is 1430. The third kappa shape index (κ3) is 4.44. The first-order valence-corrected chi connectivity index (χ1v) is 12.8. The first kappa shape index (κ1) is 24.2. The Kier molecular flexibility index (Phi) is 5.87. The number of nitrogens with zero attached hydrogens (tertiary/aromatic N) is 4. The summed E-state index contributed by atoms with van der Waals surface area (Å²) >= 11 is 6.39. The number of aliphatic hydroxyl groups is 1. The molecule has 12 heteroatoms. The highest BCUT2D eigenvalue weighted by atomic mass is 35.5. The summed E-state index contributed by atoms with van der Waals surface area (Å²) in [6, 6.07) is 4.16. The van der Waals surface area contributed by atoms with E-state index in [9.17, 15) is 18.7 Å². The van der Waals surface area contributed by atoms with Gasteiger partial charge in [-0.25, -0.2) is 13.8 Å². The van der Waals surface area contributed by atoms with Crippen molar-refractivity contribution in [3.05, 3.63) is 39.8 Å². The summed E-state index contributed by atoms with van der Waals surface area (Å²) < 4.78 is 36.6. The van der Waals surface area contributed by atoms with Gasteiger partial charge in [0.1, 0.15) is 5.02 Å². The number of aryl methyl sites for hydroxylation is 1. The number of aliphatic hydroxyl groups excluding tert-OH is 1. The van der Waals surface area contributed by atoms with Gasteiger partial charge >= 0.3 is 5.92 Å². The average Bonchev–Trinajstić information content (AvgIpc) is 3.71. The molecule has 1 aromatic carbocycles. The Hall–Kier alpha value is -3.18. The van der Waals surface area contributed by atoms with Crippen LogP contribution in [0.3, 0.4) is 0 Å². The van der Waals surface area contributed by atoms with Crippen LogP contribution in [0.15, 0.2) is 29.2 Å². The molecule has 0 bridgehead atoms. The van der Waals surface area contributed by atoms with Crippen LogP contribution < -0.4 is 25.8 Å². The zero-order valence-corrected chi connectivity index (χ0v) is 20.9. The van der Waals surface area contributed by atoms with E-state index in [0.29, 0.717) is 52.8 Å². The van der Waals surface area contributed by atoms with Crippen molar-refractivity contribution in [2.75, 3.05) is 35.2 Å². The molecule has 37 heavy (non-hydrogen) atoms. The predicted molar refractivity (Wildman–Crippen MR) is 138 cm³/mol. The SMILES string of the molecule is Cn1c(=O)c2c(c3cc(Nc4nc(N5CCC[C@@H](O)C5)ncc4Cl)ccc31)N[C@@H](C1CC1)C(F)(F)CO2. The fourth-order valence-electron chi connectivity index (χ4n) is 5.16. The van der Waals surface area contributed by atoms with Crippen LogP contribution in [0.5, 0.6) is 5.75 Å². The third-order valence-corrected chi connectivity index (χ3v) is 7.56. The minimum absolute atomic E-state index is 0.110. The molecule has 1 aliphatic carbocycles. The zero-order valence-electron chi connectivity index (χ0n) is 20.2. The Labute approximate surface area is 216 Å². The fraction of sp³-hybridized carbons (Fsp3) is 0.480. The Morgan fingerprint density at radius 3 is 2.86 bits per heavy atom. The minimum Gasteiger partial charge on any atom is -0.480 e. The van der Waals surface area contributed by atoms with E-state index in [2.05, 4.69) is 20.6 Å². The molecule has 0 amide bonds. The maximum atomic E-state index is 14.9. The number of aromatic nitrogens is 3. The minimum atomic E-state index is -3.11. The summed E-state index contributed by atoms with van der Waals surface area (Å²) in [5.41, 5.74) is 0.962. The van der Waals surface area contributed by atoms with Crippen molar-refractivity contribution in [3.8, 4) is 5.75 Å². The number of ether oxygens (including phenoxy) is 1. The number of hydrogen-bond acceptors (Lipinski definition) is 8. The smallest absolute Gasteiger partial charge is 0.301 e. The largest absolute Gasteiger partial charge is 0.480 e. The first-order valence-electron chi connectivity index (χ1n) is 12.4. The van der Waals surface area contributed by atoms with Gasteiger partial charge in [-0.2, -0.15) is 4.98 Å². The zero-order chi connectivity index (χ0) is 25.9. The van der Waals surface area contributed by atoms with Crippen molar-refractivity contribution in [2.24, 2.45) is 13.0 Å². The Morgan fingerprint density at radius 1 is 1.30 bits per heavy atom. The number of benzene rings is 1. The van der Waals surface area contributed by atoms with E-state index in [-0.39, 0.29) is 17.4 Å². The molecule has 2 atom stereocenters. The van der Waals surface area contributed by atoms with Crippen LogP contribution in [0.25, 0.3) is 10.9 Å². The number of hydrogen-bond donors (Lipinski definition) is 3. The van der Waals surface area contributed by atoms with E-state index in [0.717, 1.165) is 19.4 Å². The van der Waals surface area contributed by atoms with Crippen LogP contribution in [0, 0.1) is 5.92 Å². The standard InChI is InChI=1S/C25H27ClF2N6O3/c1-33-18-7-6-14(30-22-17(26)10-29-24(32-22)34-8-2-3-15(35)11-34)9-16(18)19-20(23(33)36)37-12-25(27,28)21(31-19)13-4-5-13/h6-7,9-10,13,15,21,31,35H,2-5,8,11-12H2,1H3,(H,29,30,32)/t15-,21+/m1/s1. The number of piperidine rings is 1. The maximum Gasteiger partial charge on any atom is 0.301 e. The summed E-state index contributed by atoms with van der Waals surface area (Å²) in [4.78, 5) is 23.8. The highest BCUT2D eigenvalue weighted by Crippen LogP contribution is 2.45. The highest BCUT2D eigenvalue weighted by Gasteiger charge is 2.51. The van der Waals surface area contributed by atoms with E-state index in [1.165, 1.54) is 10.8 Å². The van der Waals surface area contributed by atoms with Gasteiger partial charge in [-0.1, -0.05) is 11.6 Å². The van der Waals surface area contributed by atoms with E-state index in [1.807, 2.05) is 4.90 Å². The number of β-amino-alcohol motifs (C(OH)–C–C–N with tert-alkyl or cyclic N) is 1. The summed E-state index contributed by atoms with van der Waals surface area (Å²) in [5.74, 6) is -2.57. The normalized spacial score (nSPS) is 23.1. The van der Waals surface area contributed by atoms with E-state index < -0.39 is 30.2 Å². The molecule has 4 heterocycles. The average molecular weight is 533 g/mol. The number of nitrogens with one attached hydrogen (secondary N) is 2. The van der Waals surface area contributed by atoms with E-state index >= 15 is 0 Å². The molecule has 0 spiro atoms. The van der Waals surface area contributed by atoms with Gasteiger partial charge in [-0.15, -0.1) is 0 Å². The van der Waals surface area contributed by atoms with Crippen molar-refractivity contribution >= 4 is 45.6 Å². The molecule has 2 aromatic heterocycles. The van der Waals surface area contributed by atoms with Gasteiger partial charge in [-0.3, -0.25) is 4.79 Å². The molecule has 6 rings (SSSR count). The molecule has 3 N–H and O–H groups in total. The van der Waals surface area contributed by atoms with E-state index in [4.69, 9.17) is 16.3 Å². The molecule has 196 valence electrons. The molecule has 3 aromatic rings. The highest BCUT2D eigenvalue weighted by molar-refractivity contribution is 6.32. The van der Waals surface area contributed by atoms with Gasteiger partial charge in [0.25, 0.3) is 5.56 Å². The second-order valence-electron chi connectivity index (χ2n) is 10.0. The van der Waals surface area contributed by atoms with Crippen molar-refractivity contribution in [1.29, 1.82) is 0 Å². The number of rotatable bonds is 4. The lowest BCUT2D eigenvalue weighted by Crippen LogP contribution is -2.44. The van der Waals surface area contributed by atoms with Crippen LogP contribution in [0.2, 0.25) is 5.02 Å². The van der Waals surface area contributed by atoms with Gasteiger partial charge in [0.05, 0.1) is 29.5 Å². The summed E-state index contributed by atoms with van der Waals surface area (Å²) in [5, 5.41) is 17.1. The second kappa shape index (κ2) is 8.98. The van der Waals surface area contributed by atoms with Crippen LogP contribution in [0.4, 0.5) is 31.9 Å². The third-order valence-electron chi connectivity index (χ3n) is 7.28. The molecule has 1 saturated heterocycles. The van der Waals surface area contributed by atoms with Crippen molar-refractivity contribution in [3.63, 3.8) is 0 Å². The number of pyridine rings is 1. The molecule has 3 aliphatic rings. The first-order chi connectivity index (χ1) is 17.7. The van der Waals surface area contributed by atoms with Gasteiger partial charge in [-0.05, 0) is 49.8 Å². The van der Waals surface area contributed by atoms with Gasteiger partial charge in [0, 0.05) is 31.2 Å². The number of halogens is 3. The number of anilines is 4. The fourth-order valence-corrected chi connectivity index (χ4v) is 5.30. The molecule has 2 aliphatic heterocycles. The van der Waals surface area contributed by atoms with Crippen LogP contribution in [0.1, 0.15) is 25.7 Å². The number of fused-ring (bicyclic) bond motifs is 3. The molecule has 0 radical (unpaired) electrons. The molecular weight excluding hydrogens is 506 g/mol. The lowest BCUT2D eigenvalue weighted by Gasteiger charge is -2.30. The molecule has 9 nitrogen and oxygen atoms in total. The summed E-state index contributed by atoms with van der Waals surface area (Å²) in [7, 11) is 1.59. The predicted octanol–water partition coefficient (Wildman–Crippen LogP) is 3.90. The van der Waals surface area contributed by atoms with Crippen molar-refractivity contribution < 1.29 is 18.6 Å². The maximum absolute atomic E-state index is 14.9. The van der Waals surface area contributed by atoms with Gasteiger partial charge < -0.3 is 29.9 Å². The van der Waals surface area contributed by atoms with E-state index in [1.54, 1.807) is 25.2 Å². The van der Waals surface area contributed by atoms with Crippen molar-refractivity contribution in [2.45, 2.75) is 43.8 Å². The van der Waals surface area contributed by atoms with Crippen LogP contribution in [-0.4, -0.2) is 57.4 Å². The quantitative estimate of drug-likeness (QED) is 0.465. The molecule has 0 unspecified atom stereocenters. The lowest BCUT2D eigenvalue weighted by molar-refractivity contribution is -0.0579. The molecular formula is C25H27ClF2N6O3. The van der Waals surface area contributed by atoms with Gasteiger partial charge in [0.2, 0.25) is 11.7 Å². The summed E-state index contributed by atoms with van der Waals surface area (Å²) in [6.07, 6.45) is 4.06. The second-order valence-corrected chi connectivity index (χ2v) is 10.5. The van der Waals surface area contributed by atoms with Crippen molar-refractivity contribution in [1.82, 2.24) is 14.5 Å².